The maximum Gasteiger partial charge on any atom is 0.337 e. The van der Waals surface area contributed by atoms with Crippen LogP contribution in [0.15, 0.2) is 46.9 Å². The number of nitrogens with one attached hydrogen (secondary N) is 1. The molecular formula is C15H11BrClNO3. The SMILES string of the molecule is COC(=O)c1ccc(NC(=O)c2ccc(Br)c(Cl)c2)cc1. The highest BCUT2D eigenvalue weighted by atomic mass is 79.9. The summed E-state index contributed by atoms with van der Waals surface area (Å²) in [6.07, 6.45) is 0. The minimum atomic E-state index is -0.424. The van der Waals surface area contributed by atoms with Crippen molar-refractivity contribution in [1.82, 2.24) is 0 Å². The first-order valence-electron chi connectivity index (χ1n) is 5.96. The molecule has 0 spiro atoms. The minimum Gasteiger partial charge on any atom is -0.465 e. The maximum atomic E-state index is 12.1. The summed E-state index contributed by atoms with van der Waals surface area (Å²) in [6, 6.07) is 11.4. The fourth-order valence-corrected chi connectivity index (χ4v) is 2.08. The number of rotatable bonds is 3. The molecule has 2 aromatic carbocycles. The number of amides is 1. The van der Waals surface area contributed by atoms with Gasteiger partial charge in [0, 0.05) is 15.7 Å². The predicted molar refractivity (Wildman–Crippen MR) is 84.9 cm³/mol. The Labute approximate surface area is 135 Å². The van der Waals surface area contributed by atoms with Gasteiger partial charge in [-0.15, -0.1) is 0 Å². The zero-order valence-corrected chi connectivity index (χ0v) is 13.4. The lowest BCUT2D eigenvalue weighted by molar-refractivity contribution is 0.0600. The van der Waals surface area contributed by atoms with Crippen molar-refractivity contribution in [3.05, 3.63) is 63.1 Å². The fraction of sp³-hybridized carbons (Fsp3) is 0.0667. The molecule has 0 aliphatic rings. The van der Waals surface area contributed by atoms with Gasteiger partial charge in [0.05, 0.1) is 17.7 Å². The van der Waals surface area contributed by atoms with Gasteiger partial charge in [-0.05, 0) is 58.4 Å². The largest absolute Gasteiger partial charge is 0.465 e. The van der Waals surface area contributed by atoms with Crippen LogP contribution in [0.4, 0.5) is 5.69 Å². The highest BCUT2D eigenvalue weighted by molar-refractivity contribution is 9.10. The van der Waals surface area contributed by atoms with E-state index in [1.807, 2.05) is 0 Å². The summed E-state index contributed by atoms with van der Waals surface area (Å²) in [5.41, 5.74) is 1.44. The zero-order valence-electron chi connectivity index (χ0n) is 11.0. The molecule has 0 saturated carbocycles. The quantitative estimate of drug-likeness (QED) is 0.828. The van der Waals surface area contributed by atoms with Crippen LogP contribution in [0.1, 0.15) is 20.7 Å². The summed E-state index contributed by atoms with van der Waals surface area (Å²) in [7, 11) is 1.31. The molecule has 2 aromatic rings. The molecule has 1 amide bonds. The molecule has 0 aliphatic carbocycles. The summed E-state index contributed by atoms with van der Waals surface area (Å²) in [5.74, 6) is -0.706. The fourth-order valence-electron chi connectivity index (χ4n) is 1.65. The lowest BCUT2D eigenvalue weighted by Gasteiger charge is -2.07. The molecule has 0 radical (unpaired) electrons. The first-order chi connectivity index (χ1) is 10.0. The molecular weight excluding hydrogens is 358 g/mol. The van der Waals surface area contributed by atoms with Gasteiger partial charge in [-0.1, -0.05) is 11.6 Å². The van der Waals surface area contributed by atoms with Gasteiger partial charge in [-0.25, -0.2) is 4.79 Å². The molecule has 0 bridgehead atoms. The van der Waals surface area contributed by atoms with E-state index in [1.54, 1.807) is 42.5 Å². The molecule has 2 rings (SSSR count). The molecule has 4 nitrogen and oxygen atoms in total. The van der Waals surface area contributed by atoms with Crippen molar-refractivity contribution in [3.63, 3.8) is 0 Å². The Morgan fingerprint density at radius 3 is 2.29 bits per heavy atom. The number of hydrogen-bond donors (Lipinski definition) is 1. The summed E-state index contributed by atoms with van der Waals surface area (Å²) in [6.45, 7) is 0. The van der Waals surface area contributed by atoms with Gasteiger partial charge < -0.3 is 10.1 Å². The van der Waals surface area contributed by atoms with E-state index in [9.17, 15) is 9.59 Å². The Kier molecular flexibility index (Phi) is 4.98. The molecule has 0 fully saturated rings. The highest BCUT2D eigenvalue weighted by Crippen LogP contribution is 2.23. The smallest absolute Gasteiger partial charge is 0.337 e. The first-order valence-corrected chi connectivity index (χ1v) is 7.13. The van der Waals surface area contributed by atoms with Gasteiger partial charge >= 0.3 is 5.97 Å². The van der Waals surface area contributed by atoms with E-state index < -0.39 is 5.97 Å². The molecule has 6 heteroatoms. The number of ether oxygens (including phenoxy) is 1. The molecule has 0 aromatic heterocycles. The molecule has 21 heavy (non-hydrogen) atoms. The number of carbonyl (C=O) groups excluding carboxylic acids is 2. The third-order valence-electron chi connectivity index (χ3n) is 2.75. The predicted octanol–water partition coefficient (Wildman–Crippen LogP) is 4.14. The lowest BCUT2D eigenvalue weighted by atomic mass is 10.2. The molecule has 108 valence electrons. The average Bonchev–Trinajstić information content (AvgIpc) is 2.50. The second kappa shape index (κ2) is 6.74. The summed E-state index contributed by atoms with van der Waals surface area (Å²) in [4.78, 5) is 23.4. The van der Waals surface area contributed by atoms with Crippen LogP contribution < -0.4 is 5.32 Å². The minimum absolute atomic E-state index is 0.282. The van der Waals surface area contributed by atoms with E-state index in [-0.39, 0.29) is 5.91 Å². The second-order valence-corrected chi connectivity index (χ2v) is 5.41. The van der Waals surface area contributed by atoms with Gasteiger partial charge in [0.1, 0.15) is 0 Å². The lowest BCUT2D eigenvalue weighted by Crippen LogP contribution is -2.12. The van der Waals surface area contributed by atoms with E-state index in [4.69, 9.17) is 11.6 Å². The first kappa shape index (κ1) is 15.5. The van der Waals surface area contributed by atoms with Crippen molar-refractivity contribution in [3.8, 4) is 0 Å². The number of benzene rings is 2. The Hall–Kier alpha value is -1.85. The maximum absolute atomic E-state index is 12.1. The van der Waals surface area contributed by atoms with E-state index in [0.717, 1.165) is 4.47 Å². The number of esters is 1. The zero-order chi connectivity index (χ0) is 15.4. The number of halogens is 2. The highest BCUT2D eigenvalue weighted by Gasteiger charge is 2.09. The van der Waals surface area contributed by atoms with Crippen molar-refractivity contribution in [2.75, 3.05) is 12.4 Å². The van der Waals surface area contributed by atoms with Crippen LogP contribution >= 0.6 is 27.5 Å². The number of anilines is 1. The van der Waals surface area contributed by atoms with Crippen molar-refractivity contribution >= 4 is 45.1 Å². The Morgan fingerprint density at radius 2 is 1.71 bits per heavy atom. The van der Waals surface area contributed by atoms with Crippen LogP contribution in [0.5, 0.6) is 0 Å². The molecule has 0 aliphatic heterocycles. The van der Waals surface area contributed by atoms with Gasteiger partial charge in [-0.2, -0.15) is 0 Å². The monoisotopic (exact) mass is 367 g/mol. The Morgan fingerprint density at radius 1 is 1.10 bits per heavy atom. The van der Waals surface area contributed by atoms with Gasteiger partial charge in [0.25, 0.3) is 5.91 Å². The van der Waals surface area contributed by atoms with Gasteiger partial charge in [-0.3, -0.25) is 4.79 Å². The second-order valence-electron chi connectivity index (χ2n) is 4.15. The Balaban J connectivity index is 2.12. The van der Waals surface area contributed by atoms with Gasteiger partial charge in [0.2, 0.25) is 0 Å². The van der Waals surface area contributed by atoms with Crippen LogP contribution in [-0.4, -0.2) is 19.0 Å². The van der Waals surface area contributed by atoms with Crippen molar-refractivity contribution in [2.24, 2.45) is 0 Å². The standard InChI is InChI=1S/C15H11BrClNO3/c1-21-15(20)9-2-5-11(6-3-9)18-14(19)10-4-7-12(16)13(17)8-10/h2-8H,1H3,(H,18,19). The third kappa shape index (κ3) is 3.83. The van der Waals surface area contributed by atoms with Crippen LogP contribution in [-0.2, 0) is 4.74 Å². The summed E-state index contributed by atoms with van der Waals surface area (Å²) in [5, 5.41) is 3.19. The van der Waals surface area contributed by atoms with Crippen molar-refractivity contribution < 1.29 is 14.3 Å². The summed E-state index contributed by atoms with van der Waals surface area (Å²) < 4.78 is 5.33. The Bertz CT molecular complexity index is 686. The number of methoxy groups -OCH3 is 1. The van der Waals surface area contributed by atoms with Crippen LogP contribution in [0.3, 0.4) is 0 Å². The molecule has 0 atom stereocenters. The van der Waals surface area contributed by atoms with E-state index in [2.05, 4.69) is 26.0 Å². The normalized spacial score (nSPS) is 10.0. The topological polar surface area (TPSA) is 55.4 Å². The van der Waals surface area contributed by atoms with Crippen LogP contribution in [0.25, 0.3) is 0 Å². The molecule has 0 heterocycles. The van der Waals surface area contributed by atoms with Crippen molar-refractivity contribution in [2.45, 2.75) is 0 Å². The van der Waals surface area contributed by atoms with Crippen molar-refractivity contribution in [1.29, 1.82) is 0 Å². The average molecular weight is 369 g/mol. The van der Waals surface area contributed by atoms with E-state index >= 15 is 0 Å². The molecule has 0 unspecified atom stereocenters. The third-order valence-corrected chi connectivity index (χ3v) is 3.98. The van der Waals surface area contributed by atoms with Gasteiger partial charge in [0.15, 0.2) is 0 Å². The van der Waals surface area contributed by atoms with E-state index in [1.165, 1.54) is 7.11 Å². The van der Waals surface area contributed by atoms with Crippen LogP contribution in [0, 0.1) is 0 Å². The molecule has 1 N–H and O–H groups in total. The number of carbonyl (C=O) groups is 2. The summed E-state index contributed by atoms with van der Waals surface area (Å²) >= 11 is 9.22. The molecule has 0 saturated heterocycles. The van der Waals surface area contributed by atoms with Crippen LogP contribution in [0.2, 0.25) is 5.02 Å². The van der Waals surface area contributed by atoms with E-state index in [0.29, 0.717) is 21.8 Å². The number of hydrogen-bond acceptors (Lipinski definition) is 3.